The van der Waals surface area contributed by atoms with E-state index in [2.05, 4.69) is 20.9 Å². The topological polar surface area (TPSA) is 91.9 Å². The second-order valence-electron chi connectivity index (χ2n) is 6.41. The van der Waals surface area contributed by atoms with E-state index in [1.54, 1.807) is 31.4 Å². The molecule has 0 aliphatic carbocycles. The minimum Gasteiger partial charge on any atom is -0.497 e. The monoisotopic (exact) mass is 378 g/mol. The molecule has 1 heterocycles. The molecule has 27 heavy (non-hydrogen) atoms. The van der Waals surface area contributed by atoms with Crippen LogP contribution in [0.3, 0.4) is 0 Å². The Morgan fingerprint density at radius 3 is 2.56 bits per heavy atom. The van der Waals surface area contributed by atoms with Crippen molar-refractivity contribution in [1.82, 2.24) is 15.5 Å². The number of carbonyl (C=O) groups is 2. The molecule has 8 nitrogen and oxygen atoms in total. The molecule has 0 spiro atoms. The fraction of sp³-hybridized carbons (Fsp3) is 0.579. The van der Waals surface area contributed by atoms with E-state index in [0.29, 0.717) is 24.4 Å². The fourth-order valence-electron chi connectivity index (χ4n) is 2.84. The third-order valence-electron chi connectivity index (χ3n) is 4.38. The molecule has 1 atom stereocenters. The Hall–Kier alpha value is -2.32. The van der Waals surface area contributed by atoms with Crippen molar-refractivity contribution in [2.45, 2.75) is 25.8 Å². The molecule has 2 rings (SSSR count). The number of nitrogens with zero attached hydrogens (tertiary/aromatic N) is 1. The number of amides is 3. The average molecular weight is 378 g/mol. The van der Waals surface area contributed by atoms with E-state index in [1.807, 2.05) is 6.92 Å². The van der Waals surface area contributed by atoms with Gasteiger partial charge in [0, 0.05) is 31.9 Å². The number of nitrogens with one attached hydrogen (secondary N) is 3. The van der Waals surface area contributed by atoms with Crippen molar-refractivity contribution in [1.29, 1.82) is 0 Å². The van der Waals surface area contributed by atoms with Gasteiger partial charge in [0.05, 0.1) is 20.3 Å². The standard InChI is InChI=1S/C19H30N4O4/c1-3-4-17(18(24)20-9-10-23-11-13-27-14-12-23)22-19(25)21-15-5-7-16(26-2)8-6-15/h5-8,17H,3-4,9-14H2,1-2H3,(H,20,24)(H2,21,22,25). The molecule has 1 fully saturated rings. The Bertz CT molecular complexity index is 588. The number of anilines is 1. The molecule has 1 aliphatic rings. The summed E-state index contributed by atoms with van der Waals surface area (Å²) in [5, 5.41) is 8.41. The highest BCUT2D eigenvalue weighted by Gasteiger charge is 2.20. The largest absolute Gasteiger partial charge is 0.497 e. The number of hydrogen-bond donors (Lipinski definition) is 3. The van der Waals surface area contributed by atoms with Crippen LogP contribution in [0.5, 0.6) is 5.75 Å². The number of morpholine rings is 1. The molecule has 0 saturated carbocycles. The van der Waals surface area contributed by atoms with Crippen molar-refractivity contribution in [2.75, 3.05) is 51.8 Å². The van der Waals surface area contributed by atoms with Gasteiger partial charge in [-0.1, -0.05) is 13.3 Å². The SMILES string of the molecule is CCCC(NC(=O)Nc1ccc(OC)cc1)C(=O)NCCN1CCOCC1. The van der Waals surface area contributed by atoms with Crippen molar-refractivity contribution >= 4 is 17.6 Å². The predicted molar refractivity (Wildman–Crippen MR) is 104 cm³/mol. The number of carbonyl (C=O) groups excluding carboxylic acids is 2. The minimum atomic E-state index is -0.557. The fourth-order valence-corrected chi connectivity index (χ4v) is 2.84. The van der Waals surface area contributed by atoms with E-state index in [1.165, 1.54) is 0 Å². The van der Waals surface area contributed by atoms with Crippen molar-refractivity contribution in [2.24, 2.45) is 0 Å². The summed E-state index contributed by atoms with van der Waals surface area (Å²) in [5.41, 5.74) is 0.635. The number of hydrogen-bond acceptors (Lipinski definition) is 5. The van der Waals surface area contributed by atoms with Crippen LogP contribution in [0, 0.1) is 0 Å². The summed E-state index contributed by atoms with van der Waals surface area (Å²) in [6, 6.07) is 6.06. The van der Waals surface area contributed by atoms with E-state index in [9.17, 15) is 9.59 Å². The summed E-state index contributed by atoms with van der Waals surface area (Å²) in [7, 11) is 1.59. The molecule has 8 heteroatoms. The van der Waals surface area contributed by atoms with E-state index in [0.717, 1.165) is 39.3 Å². The molecule has 0 bridgehead atoms. The highest BCUT2D eigenvalue weighted by Crippen LogP contribution is 2.14. The molecule has 1 unspecified atom stereocenters. The molecule has 0 aromatic heterocycles. The summed E-state index contributed by atoms with van der Waals surface area (Å²) in [6.45, 7) is 6.57. The summed E-state index contributed by atoms with van der Waals surface area (Å²) < 4.78 is 10.4. The summed E-state index contributed by atoms with van der Waals surface area (Å²) in [5.74, 6) is 0.555. The van der Waals surface area contributed by atoms with Crippen LogP contribution in [0.25, 0.3) is 0 Å². The Kier molecular flexibility index (Phi) is 8.86. The van der Waals surface area contributed by atoms with E-state index in [4.69, 9.17) is 9.47 Å². The third-order valence-corrected chi connectivity index (χ3v) is 4.38. The van der Waals surface area contributed by atoms with Crippen LogP contribution in [0.4, 0.5) is 10.5 Å². The molecule has 1 aliphatic heterocycles. The molecule has 150 valence electrons. The van der Waals surface area contributed by atoms with Crippen LogP contribution in [0.2, 0.25) is 0 Å². The normalized spacial score (nSPS) is 15.6. The first-order chi connectivity index (χ1) is 13.1. The number of benzene rings is 1. The van der Waals surface area contributed by atoms with Gasteiger partial charge in [0.2, 0.25) is 5.91 Å². The molecule has 1 aromatic rings. The lowest BCUT2D eigenvalue weighted by Crippen LogP contribution is -2.49. The lowest BCUT2D eigenvalue weighted by atomic mass is 10.1. The van der Waals surface area contributed by atoms with Crippen LogP contribution in [-0.4, -0.2) is 69.4 Å². The maximum atomic E-state index is 12.4. The van der Waals surface area contributed by atoms with Gasteiger partial charge in [-0.05, 0) is 30.7 Å². The second kappa shape index (κ2) is 11.4. The summed E-state index contributed by atoms with van der Waals surface area (Å²) in [4.78, 5) is 26.9. The quantitative estimate of drug-likeness (QED) is 0.605. The van der Waals surface area contributed by atoms with E-state index >= 15 is 0 Å². The number of methoxy groups -OCH3 is 1. The van der Waals surface area contributed by atoms with Crippen molar-refractivity contribution < 1.29 is 19.1 Å². The van der Waals surface area contributed by atoms with Crippen LogP contribution in [-0.2, 0) is 9.53 Å². The van der Waals surface area contributed by atoms with Gasteiger partial charge in [0.15, 0.2) is 0 Å². The predicted octanol–water partition coefficient (Wildman–Crippen LogP) is 1.43. The van der Waals surface area contributed by atoms with Gasteiger partial charge in [-0.15, -0.1) is 0 Å². The number of urea groups is 1. The van der Waals surface area contributed by atoms with Crippen LogP contribution >= 0.6 is 0 Å². The zero-order chi connectivity index (χ0) is 19.5. The van der Waals surface area contributed by atoms with Crippen LogP contribution < -0.4 is 20.7 Å². The lowest BCUT2D eigenvalue weighted by Gasteiger charge is -2.27. The first-order valence-corrected chi connectivity index (χ1v) is 9.41. The Morgan fingerprint density at radius 2 is 1.93 bits per heavy atom. The Labute approximate surface area is 160 Å². The van der Waals surface area contributed by atoms with Gasteiger partial charge >= 0.3 is 6.03 Å². The minimum absolute atomic E-state index is 0.157. The van der Waals surface area contributed by atoms with Gasteiger partial charge in [0.25, 0.3) is 0 Å². The summed E-state index contributed by atoms with van der Waals surface area (Å²) >= 11 is 0. The number of rotatable bonds is 9. The van der Waals surface area contributed by atoms with Gasteiger partial charge in [-0.3, -0.25) is 9.69 Å². The molecular formula is C19H30N4O4. The van der Waals surface area contributed by atoms with Gasteiger partial charge in [-0.2, -0.15) is 0 Å². The maximum absolute atomic E-state index is 12.4. The zero-order valence-electron chi connectivity index (χ0n) is 16.1. The molecule has 1 aromatic carbocycles. The van der Waals surface area contributed by atoms with Crippen molar-refractivity contribution in [3.8, 4) is 5.75 Å². The van der Waals surface area contributed by atoms with Gasteiger partial charge in [-0.25, -0.2) is 4.79 Å². The van der Waals surface area contributed by atoms with Crippen molar-refractivity contribution in [3.63, 3.8) is 0 Å². The molecule has 3 amide bonds. The van der Waals surface area contributed by atoms with Gasteiger partial charge < -0.3 is 25.4 Å². The van der Waals surface area contributed by atoms with E-state index < -0.39 is 12.1 Å². The first kappa shape index (κ1) is 21.0. The third kappa shape index (κ3) is 7.44. The maximum Gasteiger partial charge on any atom is 0.319 e. The Balaban J connectivity index is 1.77. The van der Waals surface area contributed by atoms with Crippen molar-refractivity contribution in [3.05, 3.63) is 24.3 Å². The highest BCUT2D eigenvalue weighted by atomic mass is 16.5. The average Bonchev–Trinajstić information content (AvgIpc) is 2.69. The molecule has 1 saturated heterocycles. The number of ether oxygens (including phenoxy) is 2. The smallest absolute Gasteiger partial charge is 0.319 e. The summed E-state index contributed by atoms with van der Waals surface area (Å²) in [6.07, 6.45) is 1.38. The molecule has 3 N–H and O–H groups in total. The zero-order valence-corrected chi connectivity index (χ0v) is 16.1. The lowest BCUT2D eigenvalue weighted by molar-refractivity contribution is -0.123. The van der Waals surface area contributed by atoms with Crippen LogP contribution in [0.15, 0.2) is 24.3 Å². The highest BCUT2D eigenvalue weighted by molar-refractivity contribution is 5.93. The Morgan fingerprint density at radius 1 is 1.22 bits per heavy atom. The van der Waals surface area contributed by atoms with E-state index in [-0.39, 0.29) is 5.91 Å². The van der Waals surface area contributed by atoms with Crippen LogP contribution in [0.1, 0.15) is 19.8 Å². The van der Waals surface area contributed by atoms with Gasteiger partial charge in [0.1, 0.15) is 11.8 Å². The molecular weight excluding hydrogens is 348 g/mol. The molecule has 0 radical (unpaired) electrons. The second-order valence-corrected chi connectivity index (χ2v) is 6.41. The first-order valence-electron chi connectivity index (χ1n) is 9.41.